The van der Waals surface area contributed by atoms with Crippen LogP contribution in [0.15, 0.2) is 23.6 Å². The predicted molar refractivity (Wildman–Crippen MR) is 73.4 cm³/mol. The van der Waals surface area contributed by atoms with Crippen molar-refractivity contribution in [3.05, 3.63) is 29.1 Å². The van der Waals surface area contributed by atoms with Crippen molar-refractivity contribution in [1.82, 2.24) is 4.37 Å². The first-order valence-electron chi connectivity index (χ1n) is 5.97. The Bertz CT molecular complexity index is 571. The van der Waals surface area contributed by atoms with Crippen LogP contribution in [0.4, 0.5) is 5.69 Å². The number of anilines is 1. The fourth-order valence-electron chi connectivity index (χ4n) is 1.89. The number of aromatic nitrogens is 1. The summed E-state index contributed by atoms with van der Waals surface area (Å²) in [6.45, 7) is 1.90. The number of benzene rings is 1. The van der Waals surface area contributed by atoms with Gasteiger partial charge in [0.15, 0.2) is 11.5 Å². The summed E-state index contributed by atoms with van der Waals surface area (Å²) in [6, 6.07) is 5.95. The van der Waals surface area contributed by atoms with E-state index in [2.05, 4.69) is 9.69 Å². The molecule has 2 aromatic rings. The van der Waals surface area contributed by atoms with E-state index in [1.54, 1.807) is 7.11 Å². The first kappa shape index (κ1) is 12.1. The number of hydrogen-bond donors (Lipinski definition) is 1. The average molecular weight is 278 g/mol. The molecule has 0 bridgehead atoms. The predicted octanol–water partition coefficient (Wildman–Crippen LogP) is 2.54. The molecule has 0 aliphatic carbocycles. The molecule has 100 valence electrons. The molecule has 1 aliphatic heterocycles. The molecule has 0 unspecified atom stereocenters. The number of ether oxygens (including phenoxy) is 3. The highest BCUT2D eigenvalue weighted by Crippen LogP contribution is 2.31. The molecule has 3 rings (SSSR count). The Balaban J connectivity index is 1.70. The van der Waals surface area contributed by atoms with Gasteiger partial charge in [-0.05, 0) is 29.2 Å². The summed E-state index contributed by atoms with van der Waals surface area (Å²) in [4.78, 5) is 0. The maximum atomic E-state index is 5.56. The molecule has 1 aliphatic rings. The van der Waals surface area contributed by atoms with E-state index in [0.29, 0.717) is 25.6 Å². The summed E-state index contributed by atoms with van der Waals surface area (Å²) in [5.41, 5.74) is 2.03. The van der Waals surface area contributed by atoms with Gasteiger partial charge in [-0.15, -0.1) is 0 Å². The highest BCUT2D eigenvalue weighted by atomic mass is 32.1. The molecular formula is C13H14N2O3S. The number of methoxy groups -OCH3 is 1. The van der Waals surface area contributed by atoms with Gasteiger partial charge in [0.05, 0.1) is 7.11 Å². The third-order valence-electron chi connectivity index (χ3n) is 2.82. The number of nitrogens with zero attached hydrogens (tertiary/aromatic N) is 1. The molecule has 2 heterocycles. The summed E-state index contributed by atoms with van der Waals surface area (Å²) < 4.78 is 20.3. The molecule has 1 N–H and O–H groups in total. The Morgan fingerprint density at radius 2 is 2.16 bits per heavy atom. The maximum Gasteiger partial charge on any atom is 0.248 e. The van der Waals surface area contributed by atoms with E-state index in [4.69, 9.17) is 14.2 Å². The van der Waals surface area contributed by atoms with Crippen molar-refractivity contribution < 1.29 is 14.2 Å². The van der Waals surface area contributed by atoms with Gasteiger partial charge in [-0.1, -0.05) is 6.07 Å². The third kappa shape index (κ3) is 2.58. The molecule has 5 nitrogen and oxygen atoms in total. The van der Waals surface area contributed by atoms with E-state index in [9.17, 15) is 0 Å². The molecule has 1 aromatic carbocycles. The number of rotatable bonds is 4. The minimum absolute atomic E-state index is 0.603. The third-order valence-corrected chi connectivity index (χ3v) is 3.43. The minimum atomic E-state index is 0.603. The zero-order chi connectivity index (χ0) is 13.1. The van der Waals surface area contributed by atoms with Gasteiger partial charge >= 0.3 is 0 Å². The maximum absolute atomic E-state index is 5.56. The van der Waals surface area contributed by atoms with Gasteiger partial charge in [-0.3, -0.25) is 0 Å². The SMILES string of the molecule is COc1nscc1NCc1ccc2c(c1)OCCO2. The average Bonchev–Trinajstić information content (AvgIpc) is 2.92. The van der Waals surface area contributed by atoms with Crippen LogP contribution in [-0.4, -0.2) is 24.7 Å². The molecule has 0 saturated carbocycles. The lowest BCUT2D eigenvalue weighted by Gasteiger charge is -2.19. The monoisotopic (exact) mass is 278 g/mol. The fourth-order valence-corrected chi connectivity index (χ4v) is 2.50. The van der Waals surface area contributed by atoms with Crippen LogP contribution < -0.4 is 19.5 Å². The van der Waals surface area contributed by atoms with Crippen LogP contribution in [0.1, 0.15) is 5.56 Å². The summed E-state index contributed by atoms with van der Waals surface area (Å²) in [5.74, 6) is 2.24. The normalized spacial score (nSPS) is 13.1. The lowest BCUT2D eigenvalue weighted by molar-refractivity contribution is 0.171. The van der Waals surface area contributed by atoms with E-state index in [1.165, 1.54) is 11.5 Å². The zero-order valence-electron chi connectivity index (χ0n) is 10.5. The van der Waals surface area contributed by atoms with E-state index >= 15 is 0 Å². The quantitative estimate of drug-likeness (QED) is 0.931. The van der Waals surface area contributed by atoms with E-state index < -0.39 is 0 Å². The largest absolute Gasteiger partial charge is 0.486 e. The lowest BCUT2D eigenvalue weighted by Crippen LogP contribution is -2.15. The Morgan fingerprint density at radius 1 is 1.32 bits per heavy atom. The van der Waals surface area contributed by atoms with Gasteiger partial charge in [0.25, 0.3) is 0 Å². The molecule has 0 spiro atoms. The molecule has 0 fully saturated rings. The Hall–Kier alpha value is -1.95. The molecule has 6 heteroatoms. The molecule has 19 heavy (non-hydrogen) atoms. The second-order valence-corrected chi connectivity index (χ2v) is 4.70. The van der Waals surface area contributed by atoms with Crippen LogP contribution in [0.3, 0.4) is 0 Å². The highest BCUT2D eigenvalue weighted by Gasteiger charge is 2.12. The summed E-state index contributed by atoms with van der Waals surface area (Å²) in [6.07, 6.45) is 0. The number of nitrogens with one attached hydrogen (secondary N) is 1. The topological polar surface area (TPSA) is 52.6 Å². The molecule has 0 saturated heterocycles. The van der Waals surface area contributed by atoms with Gasteiger partial charge in [0, 0.05) is 11.9 Å². The summed E-state index contributed by atoms with van der Waals surface area (Å²) in [7, 11) is 1.62. The molecular weight excluding hydrogens is 264 g/mol. The van der Waals surface area contributed by atoms with Crippen LogP contribution in [0.25, 0.3) is 0 Å². The zero-order valence-corrected chi connectivity index (χ0v) is 11.3. The van der Waals surface area contributed by atoms with Crippen molar-refractivity contribution >= 4 is 17.2 Å². The van der Waals surface area contributed by atoms with Gasteiger partial charge in [-0.2, -0.15) is 4.37 Å². The van der Waals surface area contributed by atoms with E-state index in [-0.39, 0.29) is 0 Å². The lowest BCUT2D eigenvalue weighted by atomic mass is 10.2. The first-order valence-corrected chi connectivity index (χ1v) is 6.81. The number of fused-ring (bicyclic) bond motifs is 1. The van der Waals surface area contributed by atoms with Crippen molar-refractivity contribution in [2.24, 2.45) is 0 Å². The molecule has 0 amide bonds. The van der Waals surface area contributed by atoms with Crippen molar-refractivity contribution in [2.45, 2.75) is 6.54 Å². The first-order chi connectivity index (χ1) is 9.36. The Morgan fingerprint density at radius 3 is 3.00 bits per heavy atom. The smallest absolute Gasteiger partial charge is 0.248 e. The van der Waals surface area contributed by atoms with E-state index in [1.807, 2.05) is 23.6 Å². The molecule has 0 atom stereocenters. The highest BCUT2D eigenvalue weighted by molar-refractivity contribution is 7.04. The van der Waals surface area contributed by atoms with E-state index in [0.717, 1.165) is 22.7 Å². The summed E-state index contributed by atoms with van der Waals surface area (Å²) in [5, 5.41) is 5.22. The minimum Gasteiger partial charge on any atom is -0.486 e. The molecule has 0 radical (unpaired) electrons. The van der Waals surface area contributed by atoms with Gasteiger partial charge in [0.2, 0.25) is 5.88 Å². The van der Waals surface area contributed by atoms with Crippen LogP contribution in [-0.2, 0) is 6.54 Å². The standard InChI is InChI=1S/C13H14N2O3S/c1-16-13-10(8-19-15-13)14-7-9-2-3-11-12(6-9)18-5-4-17-11/h2-3,6,8,14H,4-5,7H2,1H3. The second kappa shape index (κ2) is 5.36. The van der Waals surface area contributed by atoms with Crippen LogP contribution in [0.5, 0.6) is 17.4 Å². The van der Waals surface area contributed by atoms with Crippen molar-refractivity contribution in [3.63, 3.8) is 0 Å². The van der Waals surface area contributed by atoms with Crippen molar-refractivity contribution in [1.29, 1.82) is 0 Å². The van der Waals surface area contributed by atoms with Gasteiger partial charge in [0.1, 0.15) is 18.9 Å². The second-order valence-electron chi connectivity index (χ2n) is 4.07. The Kier molecular flexibility index (Phi) is 3.41. The van der Waals surface area contributed by atoms with Crippen molar-refractivity contribution in [2.75, 3.05) is 25.6 Å². The van der Waals surface area contributed by atoms with Gasteiger partial charge < -0.3 is 19.5 Å². The summed E-state index contributed by atoms with van der Waals surface area (Å²) >= 11 is 1.37. The van der Waals surface area contributed by atoms with Crippen LogP contribution in [0.2, 0.25) is 0 Å². The molecule has 1 aromatic heterocycles. The van der Waals surface area contributed by atoms with Crippen molar-refractivity contribution in [3.8, 4) is 17.4 Å². The Labute approximate surface area is 115 Å². The van der Waals surface area contributed by atoms with Crippen LogP contribution >= 0.6 is 11.5 Å². The number of hydrogen-bond acceptors (Lipinski definition) is 6. The van der Waals surface area contributed by atoms with Crippen LogP contribution in [0, 0.1) is 0 Å². The van der Waals surface area contributed by atoms with Gasteiger partial charge in [-0.25, -0.2) is 0 Å². The fraction of sp³-hybridized carbons (Fsp3) is 0.308.